The molecule has 0 atom stereocenters. The zero-order valence-electron chi connectivity index (χ0n) is 13.2. The first-order chi connectivity index (χ1) is 11.1. The number of hydrogen-bond acceptors (Lipinski definition) is 0. The molecule has 0 radical (unpaired) electrons. The fourth-order valence-electron chi connectivity index (χ4n) is 2.37. The van der Waals surface area contributed by atoms with Gasteiger partial charge >= 0.3 is 0 Å². The van der Waals surface area contributed by atoms with E-state index in [4.69, 9.17) is 0 Å². The summed E-state index contributed by atoms with van der Waals surface area (Å²) < 4.78 is 14.0. The van der Waals surface area contributed by atoms with E-state index in [9.17, 15) is 4.39 Å². The van der Waals surface area contributed by atoms with Gasteiger partial charge in [0.25, 0.3) is 0 Å². The lowest BCUT2D eigenvalue weighted by molar-refractivity contribution is 0.630. The molecule has 0 aliphatic carbocycles. The minimum absolute atomic E-state index is 0.191. The van der Waals surface area contributed by atoms with E-state index in [1.165, 1.54) is 5.56 Å². The summed E-state index contributed by atoms with van der Waals surface area (Å²) in [6.07, 6.45) is 0. The van der Waals surface area contributed by atoms with E-state index in [-0.39, 0.29) is 5.82 Å². The Morgan fingerprint density at radius 2 is 1.17 bits per heavy atom. The Labute approximate surface area is 136 Å². The van der Waals surface area contributed by atoms with Crippen LogP contribution in [0.5, 0.6) is 0 Å². The zero-order valence-corrected chi connectivity index (χ0v) is 13.2. The van der Waals surface area contributed by atoms with Gasteiger partial charge in [-0.1, -0.05) is 53.8 Å². The minimum Gasteiger partial charge on any atom is -0.206 e. The van der Waals surface area contributed by atoms with Crippen LogP contribution in [0.25, 0.3) is 11.1 Å². The molecule has 3 aromatic rings. The number of hydrogen-bond donors (Lipinski definition) is 0. The molecule has 1 heteroatoms. The van der Waals surface area contributed by atoms with Crippen LogP contribution in [0.3, 0.4) is 0 Å². The topological polar surface area (TPSA) is 0 Å². The minimum atomic E-state index is -0.191. The van der Waals surface area contributed by atoms with E-state index in [1.807, 2.05) is 67.6 Å². The third-order valence-electron chi connectivity index (χ3n) is 3.72. The molecule has 0 aromatic heterocycles. The van der Waals surface area contributed by atoms with Crippen molar-refractivity contribution in [3.63, 3.8) is 0 Å². The predicted octanol–water partition coefficient (Wildman–Crippen LogP) is 5.51. The fraction of sp³-hybridized carbons (Fsp3) is 0.0909. The van der Waals surface area contributed by atoms with E-state index in [2.05, 4.69) is 18.8 Å². The molecule has 3 rings (SSSR count). The van der Waals surface area contributed by atoms with Crippen molar-refractivity contribution in [2.45, 2.75) is 13.8 Å². The molecule has 0 saturated carbocycles. The molecule has 0 aliphatic rings. The molecule has 112 valence electrons. The third-order valence-corrected chi connectivity index (χ3v) is 3.72. The fourth-order valence-corrected chi connectivity index (χ4v) is 2.37. The Morgan fingerprint density at radius 3 is 1.74 bits per heavy atom. The van der Waals surface area contributed by atoms with Crippen molar-refractivity contribution in [3.8, 4) is 23.0 Å². The predicted molar refractivity (Wildman–Crippen MR) is 93.7 cm³/mol. The molecule has 0 saturated heterocycles. The van der Waals surface area contributed by atoms with Crippen molar-refractivity contribution in [1.82, 2.24) is 0 Å². The average Bonchev–Trinajstić information content (AvgIpc) is 2.55. The molecule has 0 amide bonds. The van der Waals surface area contributed by atoms with Gasteiger partial charge in [0.1, 0.15) is 5.82 Å². The van der Waals surface area contributed by atoms with Gasteiger partial charge in [-0.25, -0.2) is 4.39 Å². The first kappa shape index (κ1) is 15.1. The molecule has 0 unspecified atom stereocenters. The van der Waals surface area contributed by atoms with Gasteiger partial charge in [-0.05, 0) is 55.3 Å². The molecule has 0 aliphatic heterocycles. The molecule has 0 heterocycles. The van der Waals surface area contributed by atoms with Gasteiger partial charge in [0, 0.05) is 16.7 Å². The Balaban J connectivity index is 1.84. The first-order valence-corrected chi connectivity index (χ1v) is 7.57. The maximum absolute atomic E-state index is 14.0. The van der Waals surface area contributed by atoms with Crippen LogP contribution in [-0.2, 0) is 0 Å². The highest BCUT2D eigenvalue weighted by Gasteiger charge is 2.04. The molecule has 23 heavy (non-hydrogen) atoms. The first-order valence-electron chi connectivity index (χ1n) is 7.57. The van der Waals surface area contributed by atoms with Gasteiger partial charge in [-0.3, -0.25) is 0 Å². The summed E-state index contributed by atoms with van der Waals surface area (Å²) >= 11 is 0. The van der Waals surface area contributed by atoms with Crippen LogP contribution in [-0.4, -0.2) is 0 Å². The largest absolute Gasteiger partial charge is 0.206 e. The molecular formula is C22H17F. The van der Waals surface area contributed by atoms with Crippen molar-refractivity contribution < 1.29 is 4.39 Å². The van der Waals surface area contributed by atoms with Gasteiger partial charge < -0.3 is 0 Å². The number of aryl methyl sites for hydroxylation is 2. The third kappa shape index (κ3) is 3.67. The molecule has 0 spiro atoms. The molecular weight excluding hydrogens is 283 g/mol. The molecule has 0 nitrogen and oxygen atoms in total. The van der Waals surface area contributed by atoms with Crippen molar-refractivity contribution in [2.24, 2.45) is 0 Å². The van der Waals surface area contributed by atoms with Gasteiger partial charge in [-0.2, -0.15) is 0 Å². The van der Waals surface area contributed by atoms with E-state index in [0.29, 0.717) is 5.56 Å². The highest BCUT2D eigenvalue weighted by molar-refractivity contribution is 5.65. The highest BCUT2D eigenvalue weighted by atomic mass is 19.1. The van der Waals surface area contributed by atoms with Crippen LogP contribution >= 0.6 is 0 Å². The van der Waals surface area contributed by atoms with E-state index >= 15 is 0 Å². The van der Waals surface area contributed by atoms with Crippen molar-refractivity contribution >= 4 is 0 Å². The summed E-state index contributed by atoms with van der Waals surface area (Å²) in [5, 5.41) is 0. The second-order valence-corrected chi connectivity index (χ2v) is 5.68. The summed E-state index contributed by atoms with van der Waals surface area (Å²) in [5.74, 6) is 6.09. The Morgan fingerprint density at radius 1 is 0.652 bits per heavy atom. The standard InChI is InChI=1S/C22H17F/c1-16-3-6-18(7-4-16)8-9-19-10-12-20(13-11-19)21-14-5-17(2)15-22(21)23/h3-7,10-15H,1-2H3. The van der Waals surface area contributed by atoms with Gasteiger partial charge in [0.15, 0.2) is 0 Å². The number of halogens is 1. The average molecular weight is 300 g/mol. The smallest absolute Gasteiger partial charge is 0.131 e. The number of rotatable bonds is 1. The Kier molecular flexibility index (Phi) is 4.26. The number of benzene rings is 3. The quantitative estimate of drug-likeness (QED) is 0.520. The van der Waals surface area contributed by atoms with E-state index in [1.54, 1.807) is 6.07 Å². The van der Waals surface area contributed by atoms with Crippen LogP contribution in [0.15, 0.2) is 66.7 Å². The Hall–Kier alpha value is -2.85. The van der Waals surface area contributed by atoms with Crippen LogP contribution in [0.4, 0.5) is 4.39 Å². The lowest BCUT2D eigenvalue weighted by Crippen LogP contribution is -1.86. The van der Waals surface area contributed by atoms with E-state index in [0.717, 1.165) is 22.3 Å². The maximum atomic E-state index is 14.0. The van der Waals surface area contributed by atoms with Crippen molar-refractivity contribution in [1.29, 1.82) is 0 Å². The molecule has 0 fully saturated rings. The summed E-state index contributed by atoms with van der Waals surface area (Å²) in [6, 6.07) is 21.1. The van der Waals surface area contributed by atoms with Gasteiger partial charge in [0.05, 0.1) is 0 Å². The second-order valence-electron chi connectivity index (χ2n) is 5.68. The van der Waals surface area contributed by atoms with Gasteiger partial charge in [0.2, 0.25) is 0 Å². The lowest BCUT2D eigenvalue weighted by atomic mass is 10.0. The second kappa shape index (κ2) is 6.50. The van der Waals surface area contributed by atoms with Crippen molar-refractivity contribution in [2.75, 3.05) is 0 Å². The van der Waals surface area contributed by atoms with Gasteiger partial charge in [-0.15, -0.1) is 0 Å². The van der Waals surface area contributed by atoms with Crippen LogP contribution in [0.1, 0.15) is 22.3 Å². The SMILES string of the molecule is Cc1ccc(C#Cc2ccc(-c3ccc(C)cc3F)cc2)cc1. The summed E-state index contributed by atoms with van der Waals surface area (Å²) in [6.45, 7) is 3.94. The summed E-state index contributed by atoms with van der Waals surface area (Å²) in [4.78, 5) is 0. The summed E-state index contributed by atoms with van der Waals surface area (Å²) in [5.41, 5.74) is 5.54. The molecule has 3 aromatic carbocycles. The summed E-state index contributed by atoms with van der Waals surface area (Å²) in [7, 11) is 0. The molecule has 0 bridgehead atoms. The monoisotopic (exact) mass is 300 g/mol. The molecule has 0 N–H and O–H groups in total. The maximum Gasteiger partial charge on any atom is 0.131 e. The highest BCUT2D eigenvalue weighted by Crippen LogP contribution is 2.23. The van der Waals surface area contributed by atoms with E-state index < -0.39 is 0 Å². The Bertz CT molecular complexity index is 876. The normalized spacial score (nSPS) is 10.0. The van der Waals surface area contributed by atoms with Crippen LogP contribution in [0.2, 0.25) is 0 Å². The zero-order chi connectivity index (χ0) is 16.2. The van der Waals surface area contributed by atoms with Crippen LogP contribution < -0.4 is 0 Å². The van der Waals surface area contributed by atoms with Crippen molar-refractivity contribution in [3.05, 3.63) is 94.8 Å². The van der Waals surface area contributed by atoms with Crippen LogP contribution in [0, 0.1) is 31.5 Å². The lowest BCUT2D eigenvalue weighted by Gasteiger charge is -2.04.